The van der Waals surface area contributed by atoms with E-state index in [0.717, 1.165) is 36.1 Å². The number of nitrogens with two attached hydrogens (primary N) is 1. The van der Waals surface area contributed by atoms with Crippen LogP contribution in [0.1, 0.15) is 33.6 Å². The highest BCUT2D eigenvalue weighted by atomic mass is 32.1. The molecular formula is C16H24N4O3S. The maximum atomic E-state index is 12.2. The zero-order valence-corrected chi connectivity index (χ0v) is 15.2. The maximum absolute atomic E-state index is 12.2. The fourth-order valence-electron chi connectivity index (χ4n) is 2.75. The van der Waals surface area contributed by atoms with Gasteiger partial charge >= 0.3 is 0 Å². The molecule has 1 heterocycles. The third kappa shape index (κ3) is 4.33. The molecule has 0 bridgehead atoms. The van der Waals surface area contributed by atoms with Crippen LogP contribution in [0.25, 0.3) is 0 Å². The van der Waals surface area contributed by atoms with Gasteiger partial charge in [-0.2, -0.15) is 0 Å². The Morgan fingerprint density at radius 3 is 2.42 bits per heavy atom. The number of fused-ring (bicyclic) bond motifs is 1. The van der Waals surface area contributed by atoms with Crippen molar-refractivity contribution in [2.45, 2.75) is 25.7 Å². The number of anilines is 1. The Labute approximate surface area is 145 Å². The minimum atomic E-state index is -0.499. The molecule has 0 saturated heterocycles. The molecule has 0 aliphatic heterocycles. The smallest absolute Gasteiger partial charge is 0.251 e. The van der Waals surface area contributed by atoms with E-state index in [1.807, 2.05) is 0 Å². The fourth-order valence-corrected chi connectivity index (χ4v) is 4.06. The second kappa shape index (κ2) is 7.76. The van der Waals surface area contributed by atoms with E-state index in [2.05, 4.69) is 5.32 Å². The first-order valence-corrected chi connectivity index (χ1v) is 8.74. The quantitative estimate of drug-likeness (QED) is 0.787. The number of hydrogen-bond acceptors (Lipinski definition) is 5. The molecule has 7 nitrogen and oxygen atoms in total. The van der Waals surface area contributed by atoms with Crippen molar-refractivity contribution in [1.29, 1.82) is 0 Å². The molecular weight excluding hydrogens is 328 g/mol. The normalized spacial score (nSPS) is 13.5. The number of thiophene rings is 1. The van der Waals surface area contributed by atoms with E-state index in [-0.39, 0.29) is 24.9 Å². The first-order valence-electron chi connectivity index (χ1n) is 7.92. The van der Waals surface area contributed by atoms with Crippen molar-refractivity contribution in [2.75, 3.05) is 39.5 Å². The van der Waals surface area contributed by atoms with Gasteiger partial charge in [-0.1, -0.05) is 0 Å². The van der Waals surface area contributed by atoms with Crippen molar-refractivity contribution in [3.05, 3.63) is 16.0 Å². The molecule has 0 atom stereocenters. The van der Waals surface area contributed by atoms with Gasteiger partial charge in [0.1, 0.15) is 5.00 Å². The highest BCUT2D eigenvalue weighted by Gasteiger charge is 2.25. The SMILES string of the molecule is CN(CC(=O)Nc1sc2c(c1C(N)=O)CCCC2)CC(=O)N(C)C. The lowest BCUT2D eigenvalue weighted by molar-refractivity contribution is -0.130. The predicted octanol–water partition coefficient (Wildman–Crippen LogP) is 0.684. The number of carbonyl (C=O) groups is 3. The lowest BCUT2D eigenvalue weighted by Crippen LogP contribution is -2.38. The number of nitrogens with one attached hydrogen (secondary N) is 1. The van der Waals surface area contributed by atoms with E-state index >= 15 is 0 Å². The lowest BCUT2D eigenvalue weighted by Gasteiger charge is -2.18. The Morgan fingerprint density at radius 2 is 1.79 bits per heavy atom. The summed E-state index contributed by atoms with van der Waals surface area (Å²) in [5.41, 5.74) is 6.96. The van der Waals surface area contributed by atoms with E-state index in [1.54, 1.807) is 26.0 Å². The zero-order chi connectivity index (χ0) is 17.9. The van der Waals surface area contributed by atoms with Crippen molar-refractivity contribution in [3.63, 3.8) is 0 Å². The van der Waals surface area contributed by atoms with Crippen molar-refractivity contribution in [3.8, 4) is 0 Å². The Kier molecular flexibility index (Phi) is 5.95. The van der Waals surface area contributed by atoms with Crippen molar-refractivity contribution in [1.82, 2.24) is 9.80 Å². The summed E-state index contributed by atoms with van der Waals surface area (Å²) in [5, 5.41) is 3.33. The molecule has 132 valence electrons. The Balaban J connectivity index is 2.05. The van der Waals surface area contributed by atoms with Crippen LogP contribution in [0.2, 0.25) is 0 Å². The minimum absolute atomic E-state index is 0.0698. The van der Waals surface area contributed by atoms with Crippen LogP contribution in [0.15, 0.2) is 0 Å². The second-order valence-corrected chi connectivity index (χ2v) is 7.39. The summed E-state index contributed by atoms with van der Waals surface area (Å²) < 4.78 is 0. The van der Waals surface area contributed by atoms with Gasteiger partial charge in [-0.3, -0.25) is 19.3 Å². The summed E-state index contributed by atoms with van der Waals surface area (Å²) in [5.74, 6) is -0.833. The molecule has 0 spiro atoms. The first kappa shape index (κ1) is 18.4. The lowest BCUT2D eigenvalue weighted by atomic mass is 9.95. The van der Waals surface area contributed by atoms with Gasteiger partial charge in [0.15, 0.2) is 0 Å². The molecule has 0 aromatic carbocycles. The third-order valence-corrected chi connectivity index (χ3v) is 5.20. The van der Waals surface area contributed by atoms with Crippen molar-refractivity contribution in [2.24, 2.45) is 5.73 Å². The van der Waals surface area contributed by atoms with Gasteiger partial charge in [-0.15, -0.1) is 11.3 Å². The van der Waals surface area contributed by atoms with Crippen LogP contribution in [0.5, 0.6) is 0 Å². The van der Waals surface area contributed by atoms with Crippen LogP contribution in [0.3, 0.4) is 0 Å². The molecule has 8 heteroatoms. The van der Waals surface area contributed by atoms with Crippen LogP contribution < -0.4 is 11.1 Å². The summed E-state index contributed by atoms with van der Waals surface area (Å²) in [6.45, 7) is 0.227. The molecule has 2 rings (SSSR count). The Bertz CT molecular complexity index is 654. The van der Waals surface area contributed by atoms with Gasteiger partial charge in [0.2, 0.25) is 11.8 Å². The highest BCUT2D eigenvalue weighted by Crippen LogP contribution is 2.37. The van der Waals surface area contributed by atoms with Crippen LogP contribution in [0.4, 0.5) is 5.00 Å². The average molecular weight is 352 g/mol. The Hall–Kier alpha value is -1.93. The summed E-state index contributed by atoms with van der Waals surface area (Å²) in [6.07, 6.45) is 3.88. The van der Waals surface area contributed by atoms with Gasteiger partial charge in [0.05, 0.1) is 18.7 Å². The molecule has 0 fully saturated rings. The number of likely N-dealkylation sites (N-methyl/N-ethyl adjacent to an activating group) is 2. The maximum Gasteiger partial charge on any atom is 0.251 e. The van der Waals surface area contributed by atoms with E-state index in [1.165, 1.54) is 16.2 Å². The molecule has 3 N–H and O–H groups in total. The molecule has 3 amide bonds. The molecule has 24 heavy (non-hydrogen) atoms. The molecule has 1 aromatic rings. The summed E-state index contributed by atoms with van der Waals surface area (Å²) in [7, 11) is 5.05. The van der Waals surface area contributed by atoms with E-state index in [0.29, 0.717) is 10.6 Å². The zero-order valence-electron chi connectivity index (χ0n) is 14.3. The molecule has 0 unspecified atom stereocenters. The molecule has 1 aliphatic rings. The van der Waals surface area contributed by atoms with Gasteiger partial charge in [0.25, 0.3) is 5.91 Å². The van der Waals surface area contributed by atoms with E-state index in [9.17, 15) is 14.4 Å². The monoisotopic (exact) mass is 352 g/mol. The number of hydrogen-bond donors (Lipinski definition) is 2. The summed E-state index contributed by atoms with van der Waals surface area (Å²) >= 11 is 1.44. The predicted molar refractivity (Wildman–Crippen MR) is 94.3 cm³/mol. The molecule has 1 aromatic heterocycles. The number of aryl methyl sites for hydroxylation is 1. The number of carbonyl (C=O) groups excluding carboxylic acids is 3. The van der Waals surface area contributed by atoms with Gasteiger partial charge < -0.3 is 16.0 Å². The van der Waals surface area contributed by atoms with E-state index in [4.69, 9.17) is 5.73 Å². The topological polar surface area (TPSA) is 95.7 Å². The van der Waals surface area contributed by atoms with Crippen LogP contribution in [0, 0.1) is 0 Å². The Morgan fingerprint density at radius 1 is 1.12 bits per heavy atom. The van der Waals surface area contributed by atoms with Gasteiger partial charge in [0, 0.05) is 19.0 Å². The summed E-state index contributed by atoms with van der Waals surface area (Å²) in [6, 6.07) is 0. The van der Waals surface area contributed by atoms with E-state index < -0.39 is 5.91 Å². The highest BCUT2D eigenvalue weighted by molar-refractivity contribution is 7.17. The third-order valence-electron chi connectivity index (χ3n) is 3.99. The fraction of sp³-hybridized carbons (Fsp3) is 0.562. The number of nitrogens with zero attached hydrogens (tertiary/aromatic N) is 2. The first-order chi connectivity index (χ1) is 11.3. The van der Waals surface area contributed by atoms with Gasteiger partial charge in [-0.25, -0.2) is 0 Å². The standard InChI is InChI=1S/C16H24N4O3S/c1-19(2)13(22)9-20(3)8-12(21)18-16-14(15(17)23)10-6-4-5-7-11(10)24-16/h4-9H2,1-3H3,(H2,17,23)(H,18,21). The van der Waals surface area contributed by atoms with Crippen LogP contribution in [-0.4, -0.2) is 61.8 Å². The largest absolute Gasteiger partial charge is 0.365 e. The van der Waals surface area contributed by atoms with Crippen molar-refractivity contribution < 1.29 is 14.4 Å². The van der Waals surface area contributed by atoms with Gasteiger partial charge in [-0.05, 0) is 38.3 Å². The average Bonchev–Trinajstić information content (AvgIpc) is 2.84. The number of primary amides is 1. The summed E-state index contributed by atoms with van der Waals surface area (Å²) in [4.78, 5) is 40.0. The molecule has 1 aliphatic carbocycles. The number of amides is 3. The van der Waals surface area contributed by atoms with Crippen LogP contribution >= 0.6 is 11.3 Å². The molecule has 0 saturated carbocycles. The van der Waals surface area contributed by atoms with Crippen molar-refractivity contribution >= 4 is 34.1 Å². The number of rotatable bonds is 6. The van der Waals surface area contributed by atoms with Crippen LogP contribution in [-0.2, 0) is 22.4 Å². The molecule has 0 radical (unpaired) electrons. The minimum Gasteiger partial charge on any atom is -0.365 e. The second-order valence-electron chi connectivity index (χ2n) is 6.29.